The Morgan fingerprint density at radius 2 is 2.09 bits per heavy atom. The van der Waals surface area contributed by atoms with Crippen LogP contribution in [0.4, 0.5) is 5.69 Å². The van der Waals surface area contributed by atoms with Crippen LogP contribution < -0.4 is 22.2 Å². The van der Waals surface area contributed by atoms with Crippen molar-refractivity contribution in [2.45, 2.75) is 26.8 Å². The molecule has 9 nitrogen and oxygen atoms in total. The normalized spacial score (nSPS) is 13.6. The van der Waals surface area contributed by atoms with Crippen molar-refractivity contribution in [3.8, 4) is 0 Å². The summed E-state index contributed by atoms with van der Waals surface area (Å²) in [6, 6.07) is 6.95. The van der Waals surface area contributed by atoms with Gasteiger partial charge in [0.2, 0.25) is 0 Å². The molecule has 3 rings (SSSR count). The van der Waals surface area contributed by atoms with Crippen LogP contribution in [0.15, 0.2) is 56.0 Å². The molecule has 2 heterocycles. The molecule has 0 radical (unpaired) electrons. The van der Waals surface area contributed by atoms with Gasteiger partial charge in [-0.05, 0) is 44.5 Å². The second-order valence-electron chi connectivity index (χ2n) is 7.38. The minimum atomic E-state index is -0.310. The van der Waals surface area contributed by atoms with Gasteiger partial charge in [-0.1, -0.05) is 11.2 Å². The van der Waals surface area contributed by atoms with Crippen LogP contribution in [0.5, 0.6) is 0 Å². The summed E-state index contributed by atoms with van der Waals surface area (Å²) in [6.07, 6.45) is 4.46. The van der Waals surface area contributed by atoms with Crippen molar-refractivity contribution in [3.05, 3.63) is 75.0 Å². The number of oxime groups is 1. The Morgan fingerprint density at radius 1 is 1.34 bits per heavy atom. The van der Waals surface area contributed by atoms with Crippen LogP contribution in [-0.2, 0) is 0 Å². The molecule has 0 fully saturated rings. The zero-order chi connectivity index (χ0) is 23.4. The number of hydrogen-bond acceptors (Lipinski definition) is 8. The highest BCUT2D eigenvalue weighted by atomic mass is 16.4. The standard InChI is InChI=1S/C23H26N6O3/c1-12-8-16(14(3)28-18-6-5-7-27-19(18)23(25)29-31)22-17(9-12)20(30)13(2)21(32-22)15(10-24)11-26-4/h5-11,14,28,31H,24H2,1-4H3,(H2,25,29)/b15-10+,26-11?. The van der Waals surface area contributed by atoms with Gasteiger partial charge in [0.05, 0.1) is 22.7 Å². The SMILES string of the molecule is CN=C/C(=C\N)c1oc2c(C(C)Nc3cccnc3/C(N)=N/O)cc(C)cc2c(=O)c1C. The predicted octanol–water partition coefficient (Wildman–Crippen LogP) is 3.07. The molecule has 0 bridgehead atoms. The first-order valence-electron chi connectivity index (χ1n) is 9.94. The molecule has 1 unspecified atom stereocenters. The van der Waals surface area contributed by atoms with Gasteiger partial charge < -0.3 is 26.4 Å². The number of aromatic nitrogens is 1. The minimum absolute atomic E-state index is 0.115. The fraction of sp³-hybridized carbons (Fsp3) is 0.217. The van der Waals surface area contributed by atoms with Gasteiger partial charge in [-0.15, -0.1) is 0 Å². The third-order valence-electron chi connectivity index (χ3n) is 5.10. The molecule has 0 saturated carbocycles. The third kappa shape index (κ3) is 4.18. The number of nitrogens with zero attached hydrogens (tertiary/aromatic N) is 3. The summed E-state index contributed by atoms with van der Waals surface area (Å²) in [6.45, 7) is 5.54. The molecule has 9 heteroatoms. The maximum atomic E-state index is 13.2. The number of rotatable bonds is 6. The molecule has 0 saturated heterocycles. The first-order chi connectivity index (χ1) is 15.3. The first-order valence-corrected chi connectivity index (χ1v) is 9.94. The van der Waals surface area contributed by atoms with E-state index in [0.717, 1.165) is 11.1 Å². The first kappa shape index (κ1) is 22.5. The molecule has 166 valence electrons. The largest absolute Gasteiger partial charge is 0.455 e. The van der Waals surface area contributed by atoms with Crippen molar-refractivity contribution in [3.63, 3.8) is 0 Å². The van der Waals surface area contributed by atoms with E-state index in [9.17, 15) is 4.79 Å². The number of benzene rings is 1. The van der Waals surface area contributed by atoms with Crippen LogP contribution in [-0.4, -0.2) is 29.3 Å². The molecule has 0 aliphatic heterocycles. The molecule has 2 aromatic heterocycles. The molecular formula is C23H26N6O3. The van der Waals surface area contributed by atoms with Crippen molar-refractivity contribution < 1.29 is 9.62 Å². The molecule has 1 atom stereocenters. The van der Waals surface area contributed by atoms with E-state index in [1.54, 1.807) is 44.6 Å². The number of nitrogens with two attached hydrogens (primary N) is 2. The highest BCUT2D eigenvalue weighted by Crippen LogP contribution is 2.30. The monoisotopic (exact) mass is 434 g/mol. The summed E-state index contributed by atoms with van der Waals surface area (Å²) in [5.41, 5.74) is 15.3. The van der Waals surface area contributed by atoms with E-state index in [2.05, 4.69) is 20.4 Å². The van der Waals surface area contributed by atoms with Crippen LogP contribution in [0.3, 0.4) is 0 Å². The Hall–Kier alpha value is -4.14. The number of fused-ring (bicyclic) bond motifs is 1. The number of hydrogen-bond donors (Lipinski definition) is 4. The van der Waals surface area contributed by atoms with E-state index < -0.39 is 0 Å². The highest BCUT2D eigenvalue weighted by Gasteiger charge is 2.20. The Kier molecular flexibility index (Phi) is 6.58. The fourth-order valence-electron chi connectivity index (χ4n) is 3.57. The number of allylic oxidation sites excluding steroid dienone is 1. The number of aliphatic imine (C=N–C) groups is 1. The summed E-state index contributed by atoms with van der Waals surface area (Å²) in [7, 11) is 1.62. The third-order valence-corrected chi connectivity index (χ3v) is 5.10. The maximum absolute atomic E-state index is 13.2. The summed E-state index contributed by atoms with van der Waals surface area (Å²) < 4.78 is 6.24. The Morgan fingerprint density at radius 3 is 2.75 bits per heavy atom. The zero-order valence-corrected chi connectivity index (χ0v) is 18.4. The van der Waals surface area contributed by atoms with Gasteiger partial charge in [0.15, 0.2) is 11.3 Å². The zero-order valence-electron chi connectivity index (χ0n) is 18.4. The van der Waals surface area contributed by atoms with Crippen LogP contribution in [0, 0.1) is 13.8 Å². The molecule has 0 aliphatic carbocycles. The number of anilines is 1. The average molecular weight is 435 g/mol. The second-order valence-corrected chi connectivity index (χ2v) is 7.38. The van der Waals surface area contributed by atoms with Crippen LogP contribution >= 0.6 is 0 Å². The number of nitrogens with one attached hydrogen (secondary N) is 1. The summed E-state index contributed by atoms with van der Waals surface area (Å²) in [5.74, 6) is 0.252. The van der Waals surface area contributed by atoms with Gasteiger partial charge in [0.1, 0.15) is 17.0 Å². The van der Waals surface area contributed by atoms with Crippen LogP contribution in [0.1, 0.15) is 41.1 Å². The van der Waals surface area contributed by atoms with Crippen molar-refractivity contribution in [1.82, 2.24) is 4.98 Å². The molecule has 0 spiro atoms. The topological polar surface area (TPSA) is 152 Å². The fourth-order valence-corrected chi connectivity index (χ4v) is 3.57. The lowest BCUT2D eigenvalue weighted by Gasteiger charge is -2.20. The summed E-state index contributed by atoms with van der Waals surface area (Å²) in [5, 5.41) is 15.9. The van der Waals surface area contributed by atoms with E-state index in [-0.39, 0.29) is 17.3 Å². The number of aryl methyl sites for hydroxylation is 1. The summed E-state index contributed by atoms with van der Waals surface area (Å²) in [4.78, 5) is 21.4. The van der Waals surface area contributed by atoms with E-state index >= 15 is 0 Å². The van der Waals surface area contributed by atoms with E-state index in [0.29, 0.717) is 39.2 Å². The van der Waals surface area contributed by atoms with E-state index in [1.807, 2.05) is 19.9 Å². The second kappa shape index (κ2) is 9.34. The molecular weight excluding hydrogens is 408 g/mol. The van der Waals surface area contributed by atoms with Gasteiger partial charge in [-0.25, -0.2) is 0 Å². The molecule has 1 aromatic carbocycles. The number of amidine groups is 1. The lowest BCUT2D eigenvalue weighted by Crippen LogP contribution is -2.19. The summed E-state index contributed by atoms with van der Waals surface area (Å²) >= 11 is 0. The van der Waals surface area contributed by atoms with Crippen molar-refractivity contribution in [2.75, 3.05) is 12.4 Å². The quantitative estimate of drug-likeness (QED) is 0.201. The minimum Gasteiger partial charge on any atom is -0.455 e. The van der Waals surface area contributed by atoms with Gasteiger partial charge in [0.25, 0.3) is 0 Å². The van der Waals surface area contributed by atoms with Crippen LogP contribution in [0.25, 0.3) is 16.5 Å². The molecule has 3 aromatic rings. The van der Waals surface area contributed by atoms with E-state index in [1.165, 1.54) is 6.20 Å². The number of pyridine rings is 1. The Labute approximate surface area is 185 Å². The molecule has 0 aliphatic rings. The smallest absolute Gasteiger partial charge is 0.196 e. The van der Waals surface area contributed by atoms with Gasteiger partial charge in [-0.3, -0.25) is 14.8 Å². The lowest BCUT2D eigenvalue weighted by atomic mass is 9.99. The van der Waals surface area contributed by atoms with Gasteiger partial charge >= 0.3 is 0 Å². The Balaban J connectivity index is 2.21. The van der Waals surface area contributed by atoms with Crippen molar-refractivity contribution in [2.24, 2.45) is 21.6 Å². The van der Waals surface area contributed by atoms with Crippen molar-refractivity contribution >= 4 is 34.3 Å². The Bertz CT molecular complexity index is 1310. The highest BCUT2D eigenvalue weighted by molar-refractivity contribution is 6.09. The average Bonchev–Trinajstić information content (AvgIpc) is 2.79. The van der Waals surface area contributed by atoms with Gasteiger partial charge in [-0.2, -0.15) is 0 Å². The van der Waals surface area contributed by atoms with Crippen molar-refractivity contribution in [1.29, 1.82) is 0 Å². The van der Waals surface area contributed by atoms with Gasteiger partial charge in [0, 0.05) is 36.8 Å². The molecule has 32 heavy (non-hydrogen) atoms. The molecule has 0 amide bonds. The van der Waals surface area contributed by atoms with Crippen LogP contribution in [0.2, 0.25) is 0 Å². The molecule has 6 N–H and O–H groups in total. The lowest BCUT2D eigenvalue weighted by molar-refractivity contribution is 0.318. The predicted molar refractivity (Wildman–Crippen MR) is 127 cm³/mol. The van der Waals surface area contributed by atoms with E-state index in [4.69, 9.17) is 21.1 Å². The maximum Gasteiger partial charge on any atom is 0.196 e.